The molecule has 5 heteroatoms. The number of nitrogens with one attached hydrogen (secondary N) is 1. The smallest absolute Gasteiger partial charge is 0.277 e. The number of carbonyl (C=O) groups excluding carboxylic acids is 1. The molecule has 0 aliphatic carbocycles. The number of nitrogens with zero attached hydrogens (tertiary/aromatic N) is 1. The van der Waals surface area contributed by atoms with Gasteiger partial charge in [0.15, 0.2) is 6.61 Å². The summed E-state index contributed by atoms with van der Waals surface area (Å²) in [6.45, 7) is 3.96. The van der Waals surface area contributed by atoms with E-state index < -0.39 is 0 Å². The molecule has 20 heavy (non-hydrogen) atoms. The van der Waals surface area contributed by atoms with Crippen LogP contribution in [0.2, 0.25) is 5.02 Å². The summed E-state index contributed by atoms with van der Waals surface area (Å²) in [7, 11) is 0. The first-order valence-corrected chi connectivity index (χ1v) is 7.20. The molecule has 0 bridgehead atoms. The van der Waals surface area contributed by atoms with Crippen molar-refractivity contribution in [2.45, 2.75) is 39.5 Å². The number of benzene rings is 1. The lowest BCUT2D eigenvalue weighted by Crippen LogP contribution is -2.25. The molecule has 1 N–H and O–H groups in total. The van der Waals surface area contributed by atoms with Gasteiger partial charge in [0.05, 0.1) is 5.02 Å². The molecule has 1 aromatic rings. The zero-order chi connectivity index (χ0) is 14.8. The average Bonchev–Trinajstić information content (AvgIpc) is 2.44. The lowest BCUT2D eigenvalue weighted by atomic mass is 10.1. The van der Waals surface area contributed by atoms with Crippen molar-refractivity contribution in [2.75, 3.05) is 6.61 Å². The second kappa shape index (κ2) is 9.37. The number of hydrazone groups is 1. The van der Waals surface area contributed by atoms with Crippen molar-refractivity contribution in [2.24, 2.45) is 5.10 Å². The van der Waals surface area contributed by atoms with Crippen LogP contribution in [0.1, 0.15) is 39.5 Å². The Kier molecular flexibility index (Phi) is 7.73. The summed E-state index contributed by atoms with van der Waals surface area (Å²) in [5.74, 6) is 0.202. The van der Waals surface area contributed by atoms with Crippen LogP contribution in [0.4, 0.5) is 0 Å². The maximum atomic E-state index is 11.6. The van der Waals surface area contributed by atoms with Gasteiger partial charge in [0.2, 0.25) is 0 Å². The number of halogens is 1. The summed E-state index contributed by atoms with van der Waals surface area (Å²) in [4.78, 5) is 11.6. The predicted molar refractivity (Wildman–Crippen MR) is 82.3 cm³/mol. The van der Waals surface area contributed by atoms with Crippen LogP contribution in [0.5, 0.6) is 5.75 Å². The van der Waals surface area contributed by atoms with Gasteiger partial charge >= 0.3 is 0 Å². The molecular formula is C15H21ClN2O2. The highest BCUT2D eigenvalue weighted by molar-refractivity contribution is 6.32. The molecule has 4 nitrogen and oxygen atoms in total. The first-order valence-electron chi connectivity index (χ1n) is 6.82. The lowest BCUT2D eigenvalue weighted by Gasteiger charge is -2.07. The van der Waals surface area contributed by atoms with Gasteiger partial charge in [0.1, 0.15) is 5.75 Å². The number of rotatable bonds is 8. The van der Waals surface area contributed by atoms with E-state index in [9.17, 15) is 4.79 Å². The van der Waals surface area contributed by atoms with Crippen LogP contribution in [0.25, 0.3) is 0 Å². The van der Waals surface area contributed by atoms with Crippen LogP contribution in [0, 0.1) is 0 Å². The zero-order valence-corrected chi connectivity index (χ0v) is 12.7. The van der Waals surface area contributed by atoms with Crippen molar-refractivity contribution in [3.63, 3.8) is 0 Å². The standard InChI is InChI=1S/C15H21ClN2O2/c1-3-4-5-8-12(2)17-18-15(19)11-20-14-10-7-6-9-13(14)16/h6-7,9-10H,3-5,8,11H2,1-2H3,(H,18,19)/b17-12+. The van der Waals surface area contributed by atoms with Crippen molar-refractivity contribution in [1.29, 1.82) is 0 Å². The fourth-order valence-electron chi connectivity index (χ4n) is 1.58. The maximum absolute atomic E-state index is 11.6. The van der Waals surface area contributed by atoms with E-state index in [4.69, 9.17) is 16.3 Å². The topological polar surface area (TPSA) is 50.7 Å². The molecule has 1 aromatic carbocycles. The molecule has 0 unspecified atom stereocenters. The summed E-state index contributed by atoms with van der Waals surface area (Å²) < 4.78 is 5.32. The van der Waals surface area contributed by atoms with Crippen molar-refractivity contribution < 1.29 is 9.53 Å². The molecule has 0 atom stereocenters. The van der Waals surface area contributed by atoms with Gasteiger partial charge in [-0.1, -0.05) is 43.5 Å². The number of hydrogen-bond acceptors (Lipinski definition) is 3. The van der Waals surface area contributed by atoms with Crippen LogP contribution in [0.15, 0.2) is 29.4 Å². The van der Waals surface area contributed by atoms with Gasteiger partial charge in [-0.05, 0) is 31.9 Å². The van der Waals surface area contributed by atoms with Crippen LogP contribution >= 0.6 is 11.6 Å². The molecule has 0 saturated heterocycles. The fraction of sp³-hybridized carbons (Fsp3) is 0.467. The molecule has 1 rings (SSSR count). The molecule has 0 aliphatic heterocycles. The molecule has 0 saturated carbocycles. The van der Waals surface area contributed by atoms with Crippen LogP contribution in [0.3, 0.4) is 0 Å². The highest BCUT2D eigenvalue weighted by Crippen LogP contribution is 2.22. The molecule has 0 aliphatic rings. The van der Waals surface area contributed by atoms with E-state index in [1.165, 1.54) is 12.8 Å². The minimum Gasteiger partial charge on any atom is -0.482 e. The quantitative estimate of drug-likeness (QED) is 0.451. The van der Waals surface area contributed by atoms with Gasteiger partial charge in [-0.3, -0.25) is 4.79 Å². The van der Waals surface area contributed by atoms with Gasteiger partial charge in [-0.25, -0.2) is 5.43 Å². The third-order valence-electron chi connectivity index (χ3n) is 2.71. The van der Waals surface area contributed by atoms with Gasteiger partial charge in [0.25, 0.3) is 5.91 Å². The zero-order valence-electron chi connectivity index (χ0n) is 12.0. The Hall–Kier alpha value is -1.55. The normalized spacial score (nSPS) is 11.2. The minimum atomic E-state index is -0.292. The van der Waals surface area contributed by atoms with Gasteiger partial charge in [-0.15, -0.1) is 0 Å². The number of hydrogen-bond donors (Lipinski definition) is 1. The molecule has 110 valence electrons. The Balaban J connectivity index is 2.30. The van der Waals surface area contributed by atoms with E-state index in [1.54, 1.807) is 24.3 Å². The van der Waals surface area contributed by atoms with Gasteiger partial charge in [0, 0.05) is 5.71 Å². The van der Waals surface area contributed by atoms with E-state index in [0.717, 1.165) is 18.6 Å². The molecule has 0 heterocycles. The number of carbonyl (C=O) groups is 1. The van der Waals surface area contributed by atoms with E-state index in [-0.39, 0.29) is 12.5 Å². The molecule has 1 amide bonds. The summed E-state index contributed by atoms with van der Waals surface area (Å²) >= 11 is 5.92. The first-order chi connectivity index (χ1) is 9.63. The third kappa shape index (κ3) is 6.57. The van der Waals surface area contributed by atoms with Crippen LogP contribution in [-0.4, -0.2) is 18.2 Å². The number of unbranched alkanes of at least 4 members (excludes halogenated alkanes) is 2. The van der Waals surface area contributed by atoms with E-state index in [2.05, 4.69) is 17.5 Å². The van der Waals surface area contributed by atoms with Gasteiger partial charge < -0.3 is 4.74 Å². The second-order valence-corrected chi connectivity index (χ2v) is 4.97. The Morgan fingerprint density at radius 3 is 2.80 bits per heavy atom. The highest BCUT2D eigenvalue weighted by atomic mass is 35.5. The Labute approximate surface area is 125 Å². The summed E-state index contributed by atoms with van der Waals surface area (Å²) in [5, 5.41) is 4.52. The predicted octanol–water partition coefficient (Wildman–Crippen LogP) is 3.79. The third-order valence-corrected chi connectivity index (χ3v) is 3.02. The highest BCUT2D eigenvalue weighted by Gasteiger charge is 2.04. The molecule has 0 spiro atoms. The largest absolute Gasteiger partial charge is 0.482 e. The van der Waals surface area contributed by atoms with Crippen LogP contribution in [-0.2, 0) is 4.79 Å². The van der Waals surface area contributed by atoms with E-state index >= 15 is 0 Å². The number of amides is 1. The van der Waals surface area contributed by atoms with Crippen molar-refractivity contribution in [3.8, 4) is 5.75 Å². The van der Waals surface area contributed by atoms with Gasteiger partial charge in [-0.2, -0.15) is 5.10 Å². The maximum Gasteiger partial charge on any atom is 0.277 e. The summed E-state index contributed by atoms with van der Waals surface area (Å²) in [6.07, 6.45) is 4.35. The van der Waals surface area contributed by atoms with E-state index in [1.807, 2.05) is 6.92 Å². The molecule has 0 aromatic heterocycles. The lowest BCUT2D eigenvalue weighted by molar-refractivity contribution is -0.123. The molecule has 0 fully saturated rings. The monoisotopic (exact) mass is 296 g/mol. The SMILES string of the molecule is CCCCC/C(C)=N/NC(=O)COc1ccccc1Cl. The Morgan fingerprint density at radius 1 is 1.35 bits per heavy atom. The Morgan fingerprint density at radius 2 is 2.10 bits per heavy atom. The number of para-hydroxylation sites is 1. The fourth-order valence-corrected chi connectivity index (χ4v) is 1.77. The summed E-state index contributed by atoms with van der Waals surface area (Å²) in [6, 6.07) is 7.04. The van der Waals surface area contributed by atoms with Crippen molar-refractivity contribution in [3.05, 3.63) is 29.3 Å². The average molecular weight is 297 g/mol. The van der Waals surface area contributed by atoms with E-state index in [0.29, 0.717) is 10.8 Å². The molecule has 0 radical (unpaired) electrons. The first kappa shape index (κ1) is 16.5. The van der Waals surface area contributed by atoms with Crippen LogP contribution < -0.4 is 10.2 Å². The summed E-state index contributed by atoms with van der Waals surface area (Å²) in [5.41, 5.74) is 3.40. The second-order valence-electron chi connectivity index (χ2n) is 4.56. The van der Waals surface area contributed by atoms with Crippen molar-refractivity contribution in [1.82, 2.24) is 5.43 Å². The van der Waals surface area contributed by atoms with Crippen molar-refractivity contribution >= 4 is 23.2 Å². The minimum absolute atomic E-state index is 0.102. The Bertz CT molecular complexity index is 461. The molecular weight excluding hydrogens is 276 g/mol. The number of ether oxygens (including phenoxy) is 1.